The smallest absolute Gasteiger partial charge is 0.142 e. The molecule has 1 fully saturated rings. The Labute approximate surface area is 66.3 Å². The van der Waals surface area contributed by atoms with Gasteiger partial charge in [-0.05, 0) is 12.8 Å². The van der Waals surface area contributed by atoms with Crippen molar-refractivity contribution < 1.29 is 9.57 Å². The van der Waals surface area contributed by atoms with Crippen molar-refractivity contribution in [1.29, 1.82) is 0 Å². The van der Waals surface area contributed by atoms with Gasteiger partial charge in [-0.2, -0.15) is 0 Å². The topological polar surface area (TPSA) is 56.8 Å². The van der Waals surface area contributed by atoms with Crippen LogP contribution in [-0.4, -0.2) is 26.2 Å². The molecule has 0 unspecified atom stereocenters. The number of oxime groups is 1. The lowest BCUT2D eigenvalue weighted by Gasteiger charge is -2.20. The summed E-state index contributed by atoms with van der Waals surface area (Å²) in [5, 5.41) is 3.69. The Bertz CT molecular complexity index is 141. The molecule has 0 aromatic rings. The van der Waals surface area contributed by atoms with Crippen molar-refractivity contribution in [3.05, 3.63) is 0 Å². The molecule has 0 aromatic carbocycles. The Balaban J connectivity index is 2.38. The predicted molar refractivity (Wildman–Crippen MR) is 42.2 cm³/mol. The molecule has 2 N–H and O–H groups in total. The first kappa shape index (κ1) is 8.33. The van der Waals surface area contributed by atoms with Gasteiger partial charge in [0.1, 0.15) is 12.9 Å². The van der Waals surface area contributed by atoms with E-state index < -0.39 is 0 Å². The van der Waals surface area contributed by atoms with Gasteiger partial charge < -0.3 is 15.3 Å². The van der Waals surface area contributed by atoms with Crippen LogP contribution in [0.3, 0.4) is 0 Å². The molecule has 1 aliphatic rings. The van der Waals surface area contributed by atoms with E-state index in [-0.39, 0.29) is 0 Å². The molecule has 0 bridgehead atoms. The van der Waals surface area contributed by atoms with E-state index in [0.717, 1.165) is 26.1 Å². The van der Waals surface area contributed by atoms with Crippen molar-refractivity contribution in [3.8, 4) is 0 Å². The van der Waals surface area contributed by atoms with E-state index in [2.05, 4.69) is 9.99 Å². The first-order valence-corrected chi connectivity index (χ1v) is 3.79. The fourth-order valence-electron chi connectivity index (χ4n) is 1.17. The molecule has 1 saturated heterocycles. The molecule has 0 amide bonds. The van der Waals surface area contributed by atoms with Crippen molar-refractivity contribution in [2.45, 2.75) is 12.8 Å². The zero-order chi connectivity index (χ0) is 8.10. The van der Waals surface area contributed by atoms with Gasteiger partial charge in [0.05, 0.1) is 0 Å². The average Bonchev–Trinajstić information content (AvgIpc) is 2.07. The maximum atomic E-state index is 5.63. The summed E-state index contributed by atoms with van der Waals surface area (Å²) in [6.45, 7) is 1.56. The van der Waals surface area contributed by atoms with Crippen molar-refractivity contribution >= 4 is 5.84 Å². The summed E-state index contributed by atoms with van der Waals surface area (Å²) in [7, 11) is 1.51. The zero-order valence-electron chi connectivity index (χ0n) is 6.75. The molecule has 64 valence electrons. The van der Waals surface area contributed by atoms with Crippen molar-refractivity contribution in [2.24, 2.45) is 16.8 Å². The fraction of sp³-hybridized carbons (Fsp3) is 0.857. The van der Waals surface area contributed by atoms with Gasteiger partial charge >= 0.3 is 0 Å². The maximum absolute atomic E-state index is 5.63. The lowest BCUT2D eigenvalue weighted by Crippen LogP contribution is -2.29. The minimum Gasteiger partial charge on any atom is -0.398 e. The summed E-state index contributed by atoms with van der Waals surface area (Å²) in [5.74, 6) is 0.944. The number of hydrogen-bond acceptors (Lipinski definition) is 3. The second-order valence-corrected chi connectivity index (χ2v) is 2.59. The highest BCUT2D eigenvalue weighted by Gasteiger charge is 2.17. The van der Waals surface area contributed by atoms with E-state index in [0.29, 0.717) is 11.8 Å². The summed E-state index contributed by atoms with van der Waals surface area (Å²) in [6, 6.07) is 0. The first-order chi connectivity index (χ1) is 5.34. The van der Waals surface area contributed by atoms with E-state index in [1.807, 2.05) is 0 Å². The molecule has 0 aromatic heterocycles. The highest BCUT2D eigenvalue weighted by atomic mass is 16.6. The fourth-order valence-corrected chi connectivity index (χ4v) is 1.17. The number of hydrogen-bond donors (Lipinski definition) is 1. The number of ether oxygens (including phenoxy) is 1. The van der Waals surface area contributed by atoms with Crippen LogP contribution in [0.4, 0.5) is 0 Å². The van der Waals surface area contributed by atoms with Crippen LogP contribution in [0.25, 0.3) is 0 Å². The summed E-state index contributed by atoms with van der Waals surface area (Å²) in [5.41, 5.74) is 5.63. The van der Waals surface area contributed by atoms with E-state index in [4.69, 9.17) is 10.5 Å². The molecule has 0 aliphatic carbocycles. The SMILES string of the molecule is CO/N=C(\N)C1CCOCC1. The van der Waals surface area contributed by atoms with Gasteiger partial charge in [0.15, 0.2) is 0 Å². The molecule has 1 rings (SSSR count). The normalized spacial score (nSPS) is 21.7. The second-order valence-electron chi connectivity index (χ2n) is 2.59. The molecular weight excluding hydrogens is 144 g/mol. The van der Waals surface area contributed by atoms with Gasteiger partial charge in [-0.15, -0.1) is 0 Å². The van der Waals surface area contributed by atoms with Gasteiger partial charge in [-0.1, -0.05) is 5.16 Å². The van der Waals surface area contributed by atoms with Gasteiger partial charge in [-0.3, -0.25) is 0 Å². The van der Waals surface area contributed by atoms with Crippen LogP contribution in [0.15, 0.2) is 5.16 Å². The van der Waals surface area contributed by atoms with Gasteiger partial charge in [0.2, 0.25) is 0 Å². The summed E-state index contributed by atoms with van der Waals surface area (Å²) in [4.78, 5) is 4.58. The standard InChI is InChI=1S/C7H14N2O2/c1-10-9-7(8)6-2-4-11-5-3-6/h6H,2-5H2,1H3,(H2,8,9). The van der Waals surface area contributed by atoms with Crippen molar-refractivity contribution in [3.63, 3.8) is 0 Å². The highest BCUT2D eigenvalue weighted by Crippen LogP contribution is 2.14. The third-order valence-electron chi connectivity index (χ3n) is 1.84. The van der Waals surface area contributed by atoms with Crippen LogP contribution in [0.2, 0.25) is 0 Å². The number of nitrogens with zero attached hydrogens (tertiary/aromatic N) is 1. The van der Waals surface area contributed by atoms with Crippen LogP contribution in [-0.2, 0) is 9.57 Å². The molecule has 0 spiro atoms. The number of nitrogens with two attached hydrogens (primary N) is 1. The minimum atomic E-state index is 0.351. The van der Waals surface area contributed by atoms with Crippen LogP contribution >= 0.6 is 0 Å². The summed E-state index contributed by atoms with van der Waals surface area (Å²) >= 11 is 0. The lowest BCUT2D eigenvalue weighted by atomic mass is 10.00. The molecule has 1 heterocycles. The Morgan fingerprint density at radius 2 is 2.18 bits per heavy atom. The maximum Gasteiger partial charge on any atom is 0.142 e. The van der Waals surface area contributed by atoms with Gasteiger partial charge in [0, 0.05) is 19.1 Å². The monoisotopic (exact) mass is 158 g/mol. The quantitative estimate of drug-likeness (QED) is 0.358. The first-order valence-electron chi connectivity index (χ1n) is 3.79. The Morgan fingerprint density at radius 1 is 1.55 bits per heavy atom. The molecule has 0 saturated carbocycles. The van der Waals surface area contributed by atoms with Crippen molar-refractivity contribution in [2.75, 3.05) is 20.3 Å². The summed E-state index contributed by atoms with van der Waals surface area (Å²) < 4.78 is 5.18. The van der Waals surface area contributed by atoms with Crippen molar-refractivity contribution in [1.82, 2.24) is 0 Å². The van der Waals surface area contributed by atoms with Crippen LogP contribution in [0.5, 0.6) is 0 Å². The van der Waals surface area contributed by atoms with E-state index in [9.17, 15) is 0 Å². The number of amidine groups is 1. The molecule has 11 heavy (non-hydrogen) atoms. The van der Waals surface area contributed by atoms with Crippen LogP contribution < -0.4 is 5.73 Å². The third-order valence-corrected chi connectivity index (χ3v) is 1.84. The second kappa shape index (κ2) is 4.18. The van der Waals surface area contributed by atoms with E-state index >= 15 is 0 Å². The number of rotatable bonds is 2. The minimum absolute atomic E-state index is 0.351. The average molecular weight is 158 g/mol. The largest absolute Gasteiger partial charge is 0.398 e. The molecule has 0 atom stereocenters. The molecule has 1 aliphatic heterocycles. The molecule has 4 heteroatoms. The van der Waals surface area contributed by atoms with Gasteiger partial charge in [0.25, 0.3) is 0 Å². The van der Waals surface area contributed by atoms with Crippen LogP contribution in [0, 0.1) is 5.92 Å². The molecular formula is C7H14N2O2. The molecule has 0 radical (unpaired) electrons. The van der Waals surface area contributed by atoms with Gasteiger partial charge in [-0.25, -0.2) is 0 Å². The molecule has 4 nitrogen and oxygen atoms in total. The Morgan fingerprint density at radius 3 is 2.73 bits per heavy atom. The third kappa shape index (κ3) is 2.38. The van der Waals surface area contributed by atoms with E-state index in [1.165, 1.54) is 7.11 Å². The lowest BCUT2D eigenvalue weighted by molar-refractivity contribution is 0.0811. The zero-order valence-corrected chi connectivity index (χ0v) is 6.75. The Kier molecular flexibility index (Phi) is 3.16. The summed E-state index contributed by atoms with van der Waals surface area (Å²) in [6.07, 6.45) is 1.91. The van der Waals surface area contributed by atoms with E-state index in [1.54, 1.807) is 0 Å². The predicted octanol–water partition coefficient (Wildman–Crippen LogP) is 0.332. The van der Waals surface area contributed by atoms with Crippen LogP contribution in [0.1, 0.15) is 12.8 Å². The Hall–Kier alpha value is -0.770. The highest BCUT2D eigenvalue weighted by molar-refractivity contribution is 5.82.